The van der Waals surface area contributed by atoms with Gasteiger partial charge in [-0.1, -0.05) is 6.92 Å². The summed E-state index contributed by atoms with van der Waals surface area (Å²) in [5, 5.41) is 0. The van der Waals surface area contributed by atoms with E-state index in [1.165, 1.54) is 0 Å². The Morgan fingerprint density at radius 1 is 0.941 bits per heavy atom. The molecule has 0 rings (SSSR count). The van der Waals surface area contributed by atoms with E-state index in [4.69, 9.17) is 14.2 Å². The van der Waals surface area contributed by atoms with E-state index in [0.717, 1.165) is 13.0 Å². The highest BCUT2D eigenvalue weighted by atomic mass is 16.5. The van der Waals surface area contributed by atoms with Gasteiger partial charge >= 0.3 is 0 Å². The van der Waals surface area contributed by atoms with Crippen molar-refractivity contribution in [2.45, 2.75) is 19.8 Å². The van der Waals surface area contributed by atoms with Gasteiger partial charge in [0.15, 0.2) is 0 Å². The van der Waals surface area contributed by atoms with E-state index in [9.17, 15) is 4.79 Å². The van der Waals surface area contributed by atoms with Gasteiger partial charge in [-0.25, -0.2) is 5.43 Å². The fourth-order valence-electron chi connectivity index (χ4n) is 1.05. The van der Waals surface area contributed by atoms with Gasteiger partial charge < -0.3 is 14.2 Å². The summed E-state index contributed by atoms with van der Waals surface area (Å²) in [6.07, 6.45) is 1.37. The van der Waals surface area contributed by atoms with Gasteiger partial charge in [0.25, 0.3) is 0 Å². The summed E-state index contributed by atoms with van der Waals surface area (Å²) < 4.78 is 15.7. The second kappa shape index (κ2) is 13.4. The SMILES string of the molecule is CCCOCCOCCOCCC(=O)NNC. The fraction of sp³-hybridized carbons (Fsp3) is 0.909. The Labute approximate surface area is 103 Å². The minimum absolute atomic E-state index is 0.0821. The maximum Gasteiger partial charge on any atom is 0.236 e. The van der Waals surface area contributed by atoms with Crippen molar-refractivity contribution in [2.24, 2.45) is 0 Å². The molecule has 0 aromatic carbocycles. The number of hydrogen-bond donors (Lipinski definition) is 2. The highest BCUT2D eigenvalue weighted by Gasteiger charge is 1.98. The van der Waals surface area contributed by atoms with Crippen molar-refractivity contribution in [2.75, 3.05) is 46.7 Å². The molecule has 0 aliphatic rings. The third-order valence-corrected chi connectivity index (χ3v) is 1.83. The lowest BCUT2D eigenvalue weighted by atomic mass is 10.4. The Morgan fingerprint density at radius 2 is 1.47 bits per heavy atom. The molecule has 0 radical (unpaired) electrons. The smallest absolute Gasteiger partial charge is 0.236 e. The van der Waals surface area contributed by atoms with Crippen LogP contribution in [-0.4, -0.2) is 52.6 Å². The zero-order chi connectivity index (χ0) is 12.8. The minimum Gasteiger partial charge on any atom is -0.379 e. The van der Waals surface area contributed by atoms with Crippen LogP contribution in [0.25, 0.3) is 0 Å². The van der Waals surface area contributed by atoms with E-state index in [1.54, 1.807) is 7.05 Å². The van der Waals surface area contributed by atoms with Crippen molar-refractivity contribution in [3.8, 4) is 0 Å². The largest absolute Gasteiger partial charge is 0.379 e. The van der Waals surface area contributed by atoms with E-state index in [2.05, 4.69) is 17.8 Å². The van der Waals surface area contributed by atoms with Gasteiger partial charge in [0.1, 0.15) is 0 Å². The van der Waals surface area contributed by atoms with Crippen molar-refractivity contribution in [1.82, 2.24) is 10.9 Å². The van der Waals surface area contributed by atoms with E-state index in [0.29, 0.717) is 39.5 Å². The zero-order valence-electron chi connectivity index (χ0n) is 10.8. The molecular formula is C11H24N2O4. The Morgan fingerprint density at radius 3 is 2.00 bits per heavy atom. The zero-order valence-corrected chi connectivity index (χ0v) is 10.8. The number of hydrogen-bond acceptors (Lipinski definition) is 5. The molecule has 17 heavy (non-hydrogen) atoms. The molecule has 0 aromatic heterocycles. The topological polar surface area (TPSA) is 68.8 Å². The Kier molecular flexibility index (Phi) is 12.8. The third kappa shape index (κ3) is 13.2. The first kappa shape index (κ1) is 16.3. The molecule has 0 heterocycles. The number of hydrazine groups is 1. The van der Waals surface area contributed by atoms with Crippen LogP contribution in [0.5, 0.6) is 0 Å². The number of nitrogens with one attached hydrogen (secondary N) is 2. The molecule has 0 fully saturated rings. The van der Waals surface area contributed by atoms with E-state index in [-0.39, 0.29) is 5.91 Å². The van der Waals surface area contributed by atoms with Crippen molar-refractivity contribution >= 4 is 5.91 Å². The summed E-state index contributed by atoms with van der Waals surface area (Å²) in [7, 11) is 1.65. The van der Waals surface area contributed by atoms with Crippen molar-refractivity contribution in [3.63, 3.8) is 0 Å². The molecule has 6 heteroatoms. The quantitative estimate of drug-likeness (QED) is 0.378. The molecule has 1 amide bonds. The van der Waals surface area contributed by atoms with Crippen molar-refractivity contribution in [1.29, 1.82) is 0 Å². The second-order valence-corrected chi connectivity index (χ2v) is 3.39. The van der Waals surface area contributed by atoms with Crippen molar-refractivity contribution < 1.29 is 19.0 Å². The molecule has 0 aromatic rings. The second-order valence-electron chi connectivity index (χ2n) is 3.39. The van der Waals surface area contributed by atoms with Gasteiger partial charge in [0.2, 0.25) is 5.91 Å². The molecule has 6 nitrogen and oxygen atoms in total. The number of ether oxygens (including phenoxy) is 3. The standard InChI is InChI=1S/C11H24N2O4/c1-3-5-15-7-9-17-10-8-16-6-4-11(14)13-12-2/h12H,3-10H2,1-2H3,(H,13,14). The first-order valence-electron chi connectivity index (χ1n) is 6.00. The van der Waals surface area contributed by atoms with Gasteiger partial charge in [0, 0.05) is 13.7 Å². The molecule has 0 bridgehead atoms. The van der Waals surface area contributed by atoms with Crippen LogP contribution >= 0.6 is 0 Å². The number of carbonyl (C=O) groups is 1. The molecule has 0 atom stereocenters. The predicted octanol–water partition coefficient (Wildman–Crippen LogP) is 0.0869. The van der Waals surface area contributed by atoms with Crippen LogP contribution in [0.4, 0.5) is 0 Å². The minimum atomic E-state index is -0.0821. The molecule has 0 saturated carbocycles. The number of carbonyl (C=O) groups excluding carboxylic acids is 1. The Balaban J connectivity index is 3.01. The average Bonchev–Trinajstić information content (AvgIpc) is 2.32. The third-order valence-electron chi connectivity index (χ3n) is 1.83. The van der Waals surface area contributed by atoms with Crippen LogP contribution in [0.1, 0.15) is 19.8 Å². The summed E-state index contributed by atoms with van der Waals surface area (Å²) >= 11 is 0. The molecule has 0 spiro atoms. The normalized spacial score (nSPS) is 10.5. The predicted molar refractivity (Wildman–Crippen MR) is 64.6 cm³/mol. The maximum absolute atomic E-state index is 11.0. The van der Waals surface area contributed by atoms with Crippen molar-refractivity contribution in [3.05, 3.63) is 0 Å². The molecule has 2 N–H and O–H groups in total. The number of amides is 1. The lowest BCUT2D eigenvalue weighted by molar-refractivity contribution is -0.123. The van der Waals surface area contributed by atoms with E-state index >= 15 is 0 Å². The fourth-order valence-corrected chi connectivity index (χ4v) is 1.05. The van der Waals surface area contributed by atoms with Crippen LogP contribution in [0.15, 0.2) is 0 Å². The van der Waals surface area contributed by atoms with Gasteiger partial charge in [-0.05, 0) is 6.42 Å². The summed E-state index contributed by atoms with van der Waals surface area (Å²) in [4.78, 5) is 11.0. The first-order valence-corrected chi connectivity index (χ1v) is 6.00. The molecule has 0 aliphatic heterocycles. The van der Waals surface area contributed by atoms with Gasteiger partial charge in [0.05, 0.1) is 39.5 Å². The lowest BCUT2D eigenvalue weighted by Gasteiger charge is -2.06. The van der Waals surface area contributed by atoms with E-state index in [1.807, 2.05) is 0 Å². The molecule has 0 unspecified atom stereocenters. The van der Waals surface area contributed by atoms with Gasteiger partial charge in [-0.2, -0.15) is 0 Å². The highest BCUT2D eigenvalue weighted by Crippen LogP contribution is 1.85. The van der Waals surface area contributed by atoms with Crippen LogP contribution < -0.4 is 10.9 Å². The lowest BCUT2D eigenvalue weighted by Crippen LogP contribution is -2.34. The summed E-state index contributed by atoms with van der Waals surface area (Å²) in [5.74, 6) is -0.0821. The maximum atomic E-state index is 11.0. The molecule has 0 aliphatic carbocycles. The first-order chi connectivity index (χ1) is 8.31. The van der Waals surface area contributed by atoms with Crippen LogP contribution in [-0.2, 0) is 19.0 Å². The Hall–Kier alpha value is -0.690. The summed E-state index contributed by atoms with van der Waals surface area (Å²) in [5.41, 5.74) is 5.02. The van der Waals surface area contributed by atoms with Gasteiger partial charge in [-0.15, -0.1) is 0 Å². The van der Waals surface area contributed by atoms with Crippen LogP contribution in [0, 0.1) is 0 Å². The molecular weight excluding hydrogens is 224 g/mol. The number of rotatable bonds is 12. The summed E-state index contributed by atoms with van der Waals surface area (Å²) in [6.45, 7) is 5.49. The average molecular weight is 248 g/mol. The molecule has 0 saturated heterocycles. The summed E-state index contributed by atoms with van der Waals surface area (Å²) in [6, 6.07) is 0. The van der Waals surface area contributed by atoms with Crippen LogP contribution in [0.2, 0.25) is 0 Å². The monoisotopic (exact) mass is 248 g/mol. The molecule has 102 valence electrons. The van der Waals surface area contributed by atoms with Gasteiger partial charge in [-0.3, -0.25) is 10.2 Å². The van der Waals surface area contributed by atoms with Crippen LogP contribution in [0.3, 0.4) is 0 Å². The van der Waals surface area contributed by atoms with E-state index < -0.39 is 0 Å². The Bertz CT molecular complexity index is 179. The highest BCUT2D eigenvalue weighted by molar-refractivity contribution is 5.75.